The molecule has 2 N–H and O–H groups in total. The van der Waals surface area contributed by atoms with Gasteiger partial charge in [-0.15, -0.1) is 0 Å². The SMILES string of the molecule is CCC1CCN(C(C)(CN)Cc2ccc(F)cc2)CC1. The standard InChI is InChI=1S/C17H27FN2/c1-3-14-8-10-20(11-9-14)17(2,13-19)12-15-4-6-16(18)7-5-15/h4-7,14H,3,8-13,19H2,1-2H3. The Morgan fingerprint density at radius 3 is 2.35 bits per heavy atom. The van der Waals surface area contributed by atoms with Gasteiger partial charge in [-0.3, -0.25) is 4.90 Å². The molecule has 0 amide bonds. The molecule has 112 valence electrons. The van der Waals surface area contributed by atoms with Gasteiger partial charge in [0.25, 0.3) is 0 Å². The molecular formula is C17H27FN2. The zero-order valence-corrected chi connectivity index (χ0v) is 12.7. The van der Waals surface area contributed by atoms with E-state index >= 15 is 0 Å². The van der Waals surface area contributed by atoms with Crippen LogP contribution in [0, 0.1) is 11.7 Å². The molecule has 3 heteroatoms. The largest absolute Gasteiger partial charge is 0.329 e. The molecule has 2 rings (SSSR count). The molecule has 1 heterocycles. The molecule has 1 aromatic carbocycles. The van der Waals surface area contributed by atoms with Gasteiger partial charge in [0.15, 0.2) is 0 Å². The van der Waals surface area contributed by atoms with Crippen LogP contribution in [0.15, 0.2) is 24.3 Å². The summed E-state index contributed by atoms with van der Waals surface area (Å²) < 4.78 is 13.0. The minimum absolute atomic E-state index is 0.0173. The molecule has 0 spiro atoms. The van der Waals surface area contributed by atoms with Gasteiger partial charge in [0.2, 0.25) is 0 Å². The van der Waals surface area contributed by atoms with Crippen molar-refractivity contribution in [3.05, 3.63) is 35.6 Å². The molecule has 0 aromatic heterocycles. The Balaban J connectivity index is 2.03. The summed E-state index contributed by atoms with van der Waals surface area (Å²) in [6.07, 6.45) is 4.72. The molecule has 20 heavy (non-hydrogen) atoms. The monoisotopic (exact) mass is 278 g/mol. The van der Waals surface area contributed by atoms with Crippen LogP contribution in [-0.4, -0.2) is 30.1 Å². The van der Waals surface area contributed by atoms with Gasteiger partial charge in [-0.05, 0) is 62.9 Å². The molecule has 1 unspecified atom stereocenters. The van der Waals surface area contributed by atoms with Crippen molar-refractivity contribution < 1.29 is 4.39 Å². The van der Waals surface area contributed by atoms with E-state index in [1.807, 2.05) is 12.1 Å². The highest BCUT2D eigenvalue weighted by Gasteiger charge is 2.33. The van der Waals surface area contributed by atoms with Crippen LogP contribution in [0.3, 0.4) is 0 Å². The number of nitrogens with two attached hydrogens (primary N) is 1. The van der Waals surface area contributed by atoms with Crippen LogP contribution >= 0.6 is 0 Å². The smallest absolute Gasteiger partial charge is 0.123 e. The highest BCUT2D eigenvalue weighted by molar-refractivity contribution is 5.19. The molecule has 1 aliphatic rings. The number of benzene rings is 1. The molecule has 2 nitrogen and oxygen atoms in total. The molecule has 0 aliphatic carbocycles. The first kappa shape index (κ1) is 15.5. The van der Waals surface area contributed by atoms with Crippen LogP contribution in [-0.2, 0) is 6.42 Å². The molecular weight excluding hydrogens is 251 g/mol. The molecule has 1 atom stereocenters. The predicted molar refractivity (Wildman–Crippen MR) is 82.2 cm³/mol. The maximum Gasteiger partial charge on any atom is 0.123 e. The van der Waals surface area contributed by atoms with Gasteiger partial charge in [0, 0.05) is 12.1 Å². The van der Waals surface area contributed by atoms with E-state index in [0.29, 0.717) is 6.54 Å². The van der Waals surface area contributed by atoms with Gasteiger partial charge in [-0.1, -0.05) is 25.5 Å². The third-order valence-electron chi connectivity index (χ3n) is 4.89. The van der Waals surface area contributed by atoms with Crippen LogP contribution in [0.5, 0.6) is 0 Å². The molecule has 0 saturated carbocycles. The van der Waals surface area contributed by atoms with E-state index in [4.69, 9.17) is 5.73 Å². The van der Waals surface area contributed by atoms with Crippen LogP contribution in [0.25, 0.3) is 0 Å². The second-order valence-corrected chi connectivity index (χ2v) is 6.34. The molecule has 1 fully saturated rings. The summed E-state index contributed by atoms with van der Waals surface area (Å²) in [6, 6.07) is 6.83. The minimum atomic E-state index is -0.174. The highest BCUT2D eigenvalue weighted by Crippen LogP contribution is 2.28. The summed E-state index contributed by atoms with van der Waals surface area (Å²) >= 11 is 0. The molecule has 1 aliphatic heterocycles. The summed E-state index contributed by atoms with van der Waals surface area (Å²) in [5.41, 5.74) is 7.21. The van der Waals surface area contributed by atoms with Gasteiger partial charge >= 0.3 is 0 Å². The fourth-order valence-electron chi connectivity index (χ4n) is 3.24. The lowest BCUT2D eigenvalue weighted by Gasteiger charge is -2.44. The number of hydrogen-bond donors (Lipinski definition) is 1. The Morgan fingerprint density at radius 2 is 1.85 bits per heavy atom. The van der Waals surface area contributed by atoms with Gasteiger partial charge in [0.1, 0.15) is 5.82 Å². The van der Waals surface area contributed by atoms with Crippen molar-refractivity contribution >= 4 is 0 Å². The number of piperidine rings is 1. The third kappa shape index (κ3) is 3.58. The summed E-state index contributed by atoms with van der Waals surface area (Å²) in [6.45, 7) is 7.42. The zero-order valence-electron chi connectivity index (χ0n) is 12.7. The quantitative estimate of drug-likeness (QED) is 0.896. The average Bonchev–Trinajstić information content (AvgIpc) is 2.49. The maximum atomic E-state index is 13.0. The lowest BCUT2D eigenvalue weighted by atomic mass is 9.86. The van der Waals surface area contributed by atoms with Crippen LogP contribution in [0.2, 0.25) is 0 Å². The van der Waals surface area contributed by atoms with Crippen LogP contribution in [0.1, 0.15) is 38.7 Å². The summed E-state index contributed by atoms with van der Waals surface area (Å²) in [4.78, 5) is 2.53. The minimum Gasteiger partial charge on any atom is -0.329 e. The number of hydrogen-bond acceptors (Lipinski definition) is 2. The Kier molecular flexibility index (Phi) is 5.17. The van der Waals surface area contributed by atoms with Crippen LogP contribution < -0.4 is 5.73 Å². The third-order valence-corrected chi connectivity index (χ3v) is 4.89. The van der Waals surface area contributed by atoms with E-state index in [0.717, 1.165) is 31.0 Å². The Morgan fingerprint density at radius 1 is 1.25 bits per heavy atom. The summed E-state index contributed by atoms with van der Waals surface area (Å²) in [7, 11) is 0. The van der Waals surface area contributed by atoms with Crippen molar-refractivity contribution in [2.75, 3.05) is 19.6 Å². The van der Waals surface area contributed by atoms with E-state index in [2.05, 4.69) is 18.7 Å². The number of halogens is 1. The first-order valence-corrected chi connectivity index (χ1v) is 7.77. The van der Waals surface area contributed by atoms with Gasteiger partial charge in [-0.2, -0.15) is 0 Å². The maximum absolute atomic E-state index is 13.0. The lowest BCUT2D eigenvalue weighted by molar-refractivity contribution is 0.0667. The van der Waals surface area contributed by atoms with Gasteiger partial charge < -0.3 is 5.73 Å². The van der Waals surface area contributed by atoms with Gasteiger partial charge in [0.05, 0.1) is 0 Å². The zero-order chi connectivity index (χ0) is 14.6. The van der Waals surface area contributed by atoms with Gasteiger partial charge in [-0.25, -0.2) is 4.39 Å². The van der Waals surface area contributed by atoms with Crippen molar-refractivity contribution in [2.45, 2.75) is 45.1 Å². The van der Waals surface area contributed by atoms with E-state index in [1.165, 1.54) is 31.4 Å². The number of rotatable bonds is 5. The Bertz CT molecular complexity index is 410. The fraction of sp³-hybridized carbons (Fsp3) is 0.647. The topological polar surface area (TPSA) is 29.3 Å². The van der Waals surface area contributed by atoms with E-state index in [9.17, 15) is 4.39 Å². The van der Waals surface area contributed by atoms with Crippen molar-refractivity contribution in [1.82, 2.24) is 4.90 Å². The predicted octanol–water partition coefficient (Wildman–Crippen LogP) is 3.21. The van der Waals surface area contributed by atoms with Crippen molar-refractivity contribution in [3.8, 4) is 0 Å². The Hall–Kier alpha value is -0.930. The second-order valence-electron chi connectivity index (χ2n) is 6.34. The van der Waals surface area contributed by atoms with Crippen LogP contribution in [0.4, 0.5) is 4.39 Å². The first-order valence-electron chi connectivity index (χ1n) is 7.77. The molecule has 0 bridgehead atoms. The van der Waals surface area contributed by atoms with Crippen molar-refractivity contribution in [1.29, 1.82) is 0 Å². The number of likely N-dealkylation sites (tertiary alicyclic amines) is 1. The van der Waals surface area contributed by atoms with E-state index < -0.39 is 0 Å². The van der Waals surface area contributed by atoms with E-state index in [-0.39, 0.29) is 11.4 Å². The molecule has 1 aromatic rings. The fourth-order valence-corrected chi connectivity index (χ4v) is 3.24. The first-order chi connectivity index (χ1) is 9.57. The average molecular weight is 278 g/mol. The second kappa shape index (κ2) is 6.68. The van der Waals surface area contributed by atoms with Crippen molar-refractivity contribution in [3.63, 3.8) is 0 Å². The highest BCUT2D eigenvalue weighted by atomic mass is 19.1. The normalized spacial score (nSPS) is 20.8. The molecule has 0 radical (unpaired) electrons. The molecule has 1 saturated heterocycles. The van der Waals surface area contributed by atoms with Crippen molar-refractivity contribution in [2.24, 2.45) is 11.7 Å². The van der Waals surface area contributed by atoms with E-state index in [1.54, 1.807) is 0 Å². The lowest BCUT2D eigenvalue weighted by Crippen LogP contribution is -2.55. The Labute approximate surface area is 122 Å². The number of nitrogens with zero attached hydrogens (tertiary/aromatic N) is 1. The summed E-state index contributed by atoms with van der Waals surface area (Å²) in [5.74, 6) is 0.700. The summed E-state index contributed by atoms with van der Waals surface area (Å²) in [5, 5.41) is 0.